The summed E-state index contributed by atoms with van der Waals surface area (Å²) in [6.07, 6.45) is 6.75. The Bertz CT molecular complexity index is 750. The van der Waals surface area contributed by atoms with Gasteiger partial charge < -0.3 is 14.8 Å². The van der Waals surface area contributed by atoms with Crippen LogP contribution in [0.15, 0.2) is 48.8 Å². The fourth-order valence-corrected chi connectivity index (χ4v) is 3.89. The quantitative estimate of drug-likeness (QED) is 0.911. The number of rotatable bonds is 5. The topological polar surface area (TPSA) is 60.5 Å². The van der Waals surface area contributed by atoms with E-state index in [1.165, 1.54) is 0 Å². The van der Waals surface area contributed by atoms with Gasteiger partial charge in [-0.25, -0.2) is 0 Å². The molecular weight excluding hydrogens is 316 g/mol. The number of nitrogens with one attached hydrogen (secondary N) is 1. The monoisotopic (exact) mass is 338 g/mol. The molecule has 1 aromatic carbocycles. The summed E-state index contributed by atoms with van der Waals surface area (Å²) in [5.41, 5.74) is 1.93. The highest BCUT2D eigenvalue weighted by molar-refractivity contribution is 5.80. The molecule has 1 aromatic heterocycles. The SMILES string of the molecule is COc1cccc([C@@H](NC(=O)[C@@H]2C[C@H]3CC[C@H]2O3)c2cccnc2)c1. The van der Waals surface area contributed by atoms with Crippen molar-refractivity contribution >= 4 is 5.91 Å². The van der Waals surface area contributed by atoms with Gasteiger partial charge in [-0.05, 0) is 48.6 Å². The van der Waals surface area contributed by atoms with E-state index in [2.05, 4.69) is 10.3 Å². The van der Waals surface area contributed by atoms with Crippen molar-refractivity contribution in [3.63, 3.8) is 0 Å². The number of carbonyl (C=O) groups excluding carboxylic acids is 1. The lowest BCUT2D eigenvalue weighted by Gasteiger charge is -2.24. The first kappa shape index (κ1) is 16.1. The Morgan fingerprint density at radius 3 is 2.84 bits per heavy atom. The standard InChI is InChI=1S/C20H22N2O3/c1-24-15-6-2-4-13(10-15)19(14-5-3-9-21-12-14)22-20(23)17-11-16-7-8-18(17)25-16/h2-6,9-10,12,16-19H,7-8,11H2,1H3,(H,22,23)/t16-,17-,18-,19-/m1/s1. The predicted molar refractivity (Wildman–Crippen MR) is 93.2 cm³/mol. The first-order chi connectivity index (χ1) is 12.2. The van der Waals surface area contributed by atoms with Gasteiger partial charge in [0.15, 0.2) is 0 Å². The molecule has 2 fully saturated rings. The Kier molecular flexibility index (Phi) is 4.40. The Morgan fingerprint density at radius 2 is 2.16 bits per heavy atom. The highest BCUT2D eigenvalue weighted by atomic mass is 16.5. The second kappa shape index (κ2) is 6.84. The maximum Gasteiger partial charge on any atom is 0.226 e. The van der Waals surface area contributed by atoms with Gasteiger partial charge in [0.2, 0.25) is 5.91 Å². The first-order valence-corrected chi connectivity index (χ1v) is 8.74. The zero-order chi connectivity index (χ0) is 17.2. The van der Waals surface area contributed by atoms with Gasteiger partial charge >= 0.3 is 0 Å². The summed E-state index contributed by atoms with van der Waals surface area (Å²) in [6, 6.07) is 11.4. The molecule has 0 spiro atoms. The Hall–Kier alpha value is -2.40. The Labute approximate surface area is 147 Å². The summed E-state index contributed by atoms with van der Waals surface area (Å²) < 4.78 is 11.2. The molecule has 130 valence electrons. The summed E-state index contributed by atoms with van der Waals surface area (Å²) >= 11 is 0. The molecule has 3 heterocycles. The third kappa shape index (κ3) is 3.24. The van der Waals surface area contributed by atoms with E-state index in [1.54, 1.807) is 19.5 Å². The van der Waals surface area contributed by atoms with Crippen LogP contribution >= 0.6 is 0 Å². The third-order valence-electron chi connectivity index (χ3n) is 5.17. The summed E-state index contributed by atoms with van der Waals surface area (Å²) in [4.78, 5) is 17.1. The number of carbonyl (C=O) groups is 1. The lowest BCUT2D eigenvalue weighted by molar-refractivity contribution is -0.127. The van der Waals surface area contributed by atoms with Gasteiger partial charge in [-0.3, -0.25) is 9.78 Å². The largest absolute Gasteiger partial charge is 0.497 e. The molecule has 4 atom stereocenters. The number of pyridine rings is 1. The van der Waals surface area contributed by atoms with Crippen LogP contribution in [0, 0.1) is 5.92 Å². The molecule has 1 N–H and O–H groups in total. The van der Waals surface area contributed by atoms with E-state index in [-0.39, 0.29) is 30.1 Å². The molecule has 25 heavy (non-hydrogen) atoms. The molecule has 0 saturated carbocycles. The Balaban J connectivity index is 1.60. The average Bonchev–Trinajstić information content (AvgIpc) is 3.30. The highest BCUT2D eigenvalue weighted by Crippen LogP contribution is 2.39. The van der Waals surface area contributed by atoms with Crippen LogP contribution in [0.4, 0.5) is 0 Å². The van der Waals surface area contributed by atoms with Crippen molar-refractivity contribution in [1.29, 1.82) is 0 Å². The minimum Gasteiger partial charge on any atom is -0.497 e. The van der Waals surface area contributed by atoms with Gasteiger partial charge in [-0.15, -0.1) is 0 Å². The number of amides is 1. The zero-order valence-corrected chi connectivity index (χ0v) is 14.2. The van der Waals surface area contributed by atoms with Crippen LogP contribution in [0.3, 0.4) is 0 Å². The smallest absolute Gasteiger partial charge is 0.226 e. The number of nitrogens with zero attached hydrogens (tertiary/aromatic N) is 1. The van der Waals surface area contributed by atoms with Crippen molar-refractivity contribution in [2.24, 2.45) is 5.92 Å². The second-order valence-electron chi connectivity index (χ2n) is 6.72. The number of methoxy groups -OCH3 is 1. The van der Waals surface area contributed by atoms with Crippen LogP contribution in [0.1, 0.15) is 36.4 Å². The average molecular weight is 338 g/mol. The molecule has 2 aliphatic rings. The van der Waals surface area contributed by atoms with E-state index >= 15 is 0 Å². The molecule has 2 saturated heterocycles. The van der Waals surface area contributed by atoms with Crippen molar-refractivity contribution in [3.8, 4) is 5.75 Å². The van der Waals surface area contributed by atoms with E-state index in [4.69, 9.17) is 9.47 Å². The number of aromatic nitrogens is 1. The van der Waals surface area contributed by atoms with E-state index in [0.29, 0.717) is 0 Å². The van der Waals surface area contributed by atoms with Crippen LogP contribution in [-0.4, -0.2) is 30.2 Å². The fraction of sp³-hybridized carbons (Fsp3) is 0.400. The minimum atomic E-state index is -0.254. The molecule has 2 aliphatic heterocycles. The zero-order valence-electron chi connectivity index (χ0n) is 14.2. The molecule has 4 rings (SSSR count). The first-order valence-electron chi connectivity index (χ1n) is 8.74. The molecule has 2 aromatic rings. The normalized spacial score (nSPS) is 25.6. The van der Waals surface area contributed by atoms with Crippen LogP contribution in [0.25, 0.3) is 0 Å². The molecule has 0 unspecified atom stereocenters. The molecule has 5 heteroatoms. The molecule has 0 radical (unpaired) electrons. The van der Waals surface area contributed by atoms with Gasteiger partial charge in [0.25, 0.3) is 0 Å². The van der Waals surface area contributed by atoms with Gasteiger partial charge in [-0.2, -0.15) is 0 Å². The minimum absolute atomic E-state index is 0.0523. The summed E-state index contributed by atoms with van der Waals surface area (Å²) in [5, 5.41) is 3.21. The fourth-order valence-electron chi connectivity index (χ4n) is 3.89. The summed E-state index contributed by atoms with van der Waals surface area (Å²) in [6.45, 7) is 0. The molecule has 0 aliphatic carbocycles. The summed E-state index contributed by atoms with van der Waals surface area (Å²) in [7, 11) is 1.64. The van der Waals surface area contributed by atoms with Gasteiger partial charge in [-0.1, -0.05) is 18.2 Å². The molecule has 1 amide bonds. The van der Waals surface area contributed by atoms with Crippen molar-refractivity contribution in [2.75, 3.05) is 7.11 Å². The van der Waals surface area contributed by atoms with E-state index < -0.39 is 0 Å². The van der Waals surface area contributed by atoms with Crippen LogP contribution < -0.4 is 10.1 Å². The van der Waals surface area contributed by atoms with Crippen LogP contribution in [0.5, 0.6) is 5.75 Å². The van der Waals surface area contributed by atoms with Crippen molar-refractivity contribution in [1.82, 2.24) is 10.3 Å². The van der Waals surface area contributed by atoms with Crippen molar-refractivity contribution in [3.05, 3.63) is 59.9 Å². The predicted octanol–water partition coefficient (Wildman–Crippen LogP) is 2.86. The van der Waals surface area contributed by atoms with Crippen molar-refractivity contribution in [2.45, 2.75) is 37.5 Å². The van der Waals surface area contributed by atoms with Crippen LogP contribution in [0.2, 0.25) is 0 Å². The number of benzene rings is 1. The lowest BCUT2D eigenvalue weighted by Crippen LogP contribution is -2.38. The Morgan fingerprint density at radius 1 is 1.28 bits per heavy atom. The number of ether oxygens (including phenoxy) is 2. The molecular formula is C20H22N2O3. The number of hydrogen-bond acceptors (Lipinski definition) is 4. The number of hydrogen-bond donors (Lipinski definition) is 1. The summed E-state index contributed by atoms with van der Waals surface area (Å²) in [5.74, 6) is 0.774. The molecule has 5 nitrogen and oxygen atoms in total. The van der Waals surface area contributed by atoms with Gasteiger partial charge in [0.05, 0.1) is 31.3 Å². The van der Waals surface area contributed by atoms with E-state index in [0.717, 1.165) is 36.1 Å². The maximum absolute atomic E-state index is 12.9. The highest BCUT2D eigenvalue weighted by Gasteiger charge is 2.44. The van der Waals surface area contributed by atoms with E-state index in [1.807, 2.05) is 36.4 Å². The van der Waals surface area contributed by atoms with Gasteiger partial charge in [0.1, 0.15) is 5.75 Å². The van der Waals surface area contributed by atoms with Crippen molar-refractivity contribution < 1.29 is 14.3 Å². The number of fused-ring (bicyclic) bond motifs is 2. The van der Waals surface area contributed by atoms with Crippen LogP contribution in [-0.2, 0) is 9.53 Å². The van der Waals surface area contributed by atoms with E-state index in [9.17, 15) is 4.79 Å². The lowest BCUT2D eigenvalue weighted by atomic mass is 9.88. The second-order valence-corrected chi connectivity index (χ2v) is 6.72. The molecule has 2 bridgehead atoms. The third-order valence-corrected chi connectivity index (χ3v) is 5.17. The maximum atomic E-state index is 12.9. The van der Waals surface area contributed by atoms with Gasteiger partial charge in [0, 0.05) is 12.4 Å².